The molecule has 1 N–H and O–H groups in total. The lowest BCUT2D eigenvalue weighted by Crippen LogP contribution is -2.08. The largest absolute Gasteiger partial charge is 0.465 e. The molecule has 0 aromatic carbocycles. The van der Waals surface area contributed by atoms with Gasteiger partial charge in [0.2, 0.25) is 0 Å². The van der Waals surface area contributed by atoms with Crippen LogP contribution >= 0.6 is 0 Å². The highest BCUT2D eigenvalue weighted by molar-refractivity contribution is 5.36. The summed E-state index contributed by atoms with van der Waals surface area (Å²) in [6, 6.07) is 0. The molecule has 0 aliphatic carbocycles. The van der Waals surface area contributed by atoms with Crippen molar-refractivity contribution >= 4 is 6.47 Å². The summed E-state index contributed by atoms with van der Waals surface area (Å²) in [5, 5.41) is 8.40. The molecule has 0 fully saturated rings. The van der Waals surface area contributed by atoms with Crippen LogP contribution in [0.3, 0.4) is 0 Å². The Labute approximate surface area is 41.9 Å². The van der Waals surface area contributed by atoms with E-state index in [0.717, 1.165) is 0 Å². The van der Waals surface area contributed by atoms with Crippen molar-refractivity contribution in [3.63, 3.8) is 0 Å². The normalized spacial score (nSPS) is 12.9. The van der Waals surface area contributed by atoms with Gasteiger partial charge in [0.05, 0.1) is 6.10 Å². The minimum atomic E-state index is -0.551. The number of aliphatic hydroxyl groups is 1. The second-order valence-electron chi connectivity index (χ2n) is 1.28. The fourth-order valence-electron chi connectivity index (χ4n) is 0.179. The van der Waals surface area contributed by atoms with Crippen LogP contribution in [-0.2, 0) is 9.53 Å². The van der Waals surface area contributed by atoms with Crippen molar-refractivity contribution in [2.75, 3.05) is 6.61 Å². The van der Waals surface area contributed by atoms with E-state index in [9.17, 15) is 4.79 Å². The van der Waals surface area contributed by atoms with Crippen molar-refractivity contribution in [2.45, 2.75) is 13.0 Å². The first-order valence-electron chi connectivity index (χ1n) is 2.00. The summed E-state index contributed by atoms with van der Waals surface area (Å²) in [5.41, 5.74) is 0. The van der Waals surface area contributed by atoms with Crippen LogP contribution in [-0.4, -0.2) is 24.3 Å². The second-order valence-corrected chi connectivity index (χ2v) is 1.28. The minimum absolute atomic E-state index is 0.0868. The Balaban J connectivity index is 2.81. The van der Waals surface area contributed by atoms with Crippen molar-refractivity contribution in [1.82, 2.24) is 0 Å². The van der Waals surface area contributed by atoms with E-state index in [2.05, 4.69) is 4.74 Å². The monoisotopic (exact) mass is 104 g/mol. The molecule has 0 radical (unpaired) electrons. The van der Waals surface area contributed by atoms with Crippen molar-refractivity contribution in [3.05, 3.63) is 0 Å². The summed E-state index contributed by atoms with van der Waals surface area (Å²) in [4.78, 5) is 9.38. The summed E-state index contributed by atoms with van der Waals surface area (Å²) in [6.45, 7) is 1.94. The lowest BCUT2D eigenvalue weighted by atomic mass is 10.5. The maximum atomic E-state index is 9.38. The Hall–Kier alpha value is -0.570. The molecular weight excluding hydrogens is 96.0 g/mol. The number of hydrogen-bond donors (Lipinski definition) is 1. The average molecular weight is 104 g/mol. The first kappa shape index (κ1) is 6.43. The van der Waals surface area contributed by atoms with Crippen molar-refractivity contribution in [2.24, 2.45) is 0 Å². The lowest BCUT2D eigenvalue weighted by molar-refractivity contribution is -0.131. The molecule has 0 heterocycles. The molecule has 0 amide bonds. The van der Waals surface area contributed by atoms with Crippen LogP contribution in [0, 0.1) is 0 Å². The quantitative estimate of drug-likeness (QED) is 0.493. The number of aliphatic hydroxyl groups excluding tert-OH is 1. The summed E-state index contributed by atoms with van der Waals surface area (Å²) in [6.07, 6.45) is -0.551. The van der Waals surface area contributed by atoms with Crippen LogP contribution < -0.4 is 0 Å². The van der Waals surface area contributed by atoms with E-state index < -0.39 is 6.10 Å². The molecule has 0 spiro atoms. The first-order chi connectivity index (χ1) is 3.27. The number of carbonyl (C=O) groups excluding carboxylic acids is 1. The zero-order chi connectivity index (χ0) is 5.70. The topological polar surface area (TPSA) is 46.5 Å². The predicted molar refractivity (Wildman–Crippen MR) is 23.7 cm³/mol. The van der Waals surface area contributed by atoms with Crippen LogP contribution in [0.4, 0.5) is 0 Å². The molecule has 3 nitrogen and oxygen atoms in total. The molecule has 0 rings (SSSR count). The molecule has 0 aliphatic rings. The van der Waals surface area contributed by atoms with Crippen molar-refractivity contribution in [1.29, 1.82) is 0 Å². The van der Waals surface area contributed by atoms with Gasteiger partial charge in [-0.1, -0.05) is 0 Å². The Kier molecular flexibility index (Phi) is 3.32. The Bertz CT molecular complexity index is 50.9. The van der Waals surface area contributed by atoms with Gasteiger partial charge in [-0.3, -0.25) is 4.79 Å². The number of ether oxygens (including phenoxy) is 1. The molecule has 0 saturated carbocycles. The minimum Gasteiger partial charge on any atom is -0.465 e. The number of carbonyl (C=O) groups is 1. The first-order valence-corrected chi connectivity index (χ1v) is 2.00. The molecule has 0 bridgehead atoms. The highest BCUT2D eigenvalue weighted by atomic mass is 16.5. The van der Waals surface area contributed by atoms with E-state index in [1.54, 1.807) is 6.92 Å². The Morgan fingerprint density at radius 2 is 2.57 bits per heavy atom. The summed E-state index contributed by atoms with van der Waals surface area (Å²) >= 11 is 0. The Morgan fingerprint density at radius 1 is 2.00 bits per heavy atom. The van der Waals surface area contributed by atoms with Gasteiger partial charge in [-0.15, -0.1) is 0 Å². The Morgan fingerprint density at radius 3 is 2.71 bits per heavy atom. The predicted octanol–water partition coefficient (Wildman–Crippen LogP) is -0.460. The van der Waals surface area contributed by atoms with Crippen LogP contribution in [0.5, 0.6) is 0 Å². The van der Waals surface area contributed by atoms with Gasteiger partial charge in [-0.05, 0) is 6.92 Å². The van der Waals surface area contributed by atoms with Crippen LogP contribution in [0.15, 0.2) is 0 Å². The van der Waals surface area contributed by atoms with E-state index in [0.29, 0.717) is 6.47 Å². The number of hydrogen-bond acceptors (Lipinski definition) is 3. The van der Waals surface area contributed by atoms with E-state index in [1.165, 1.54) is 0 Å². The van der Waals surface area contributed by atoms with Gasteiger partial charge >= 0.3 is 0 Å². The maximum absolute atomic E-state index is 9.38. The van der Waals surface area contributed by atoms with Crippen LogP contribution in [0.2, 0.25) is 0 Å². The standard InChI is InChI=1S/C4H8O3/c1-4(6)2-7-3-5/h3-4,6H,2H2,1H3. The lowest BCUT2D eigenvalue weighted by Gasteiger charge is -1.97. The van der Waals surface area contributed by atoms with E-state index in [-0.39, 0.29) is 6.61 Å². The SMILES string of the molecule is CC(O)COC=O. The molecule has 7 heavy (non-hydrogen) atoms. The van der Waals surface area contributed by atoms with Gasteiger partial charge < -0.3 is 9.84 Å². The molecule has 1 atom stereocenters. The van der Waals surface area contributed by atoms with Gasteiger partial charge in [0, 0.05) is 0 Å². The van der Waals surface area contributed by atoms with Gasteiger partial charge in [-0.2, -0.15) is 0 Å². The molecule has 3 heteroatoms. The third kappa shape index (κ3) is 5.43. The molecule has 0 saturated heterocycles. The van der Waals surface area contributed by atoms with Crippen molar-refractivity contribution in [3.8, 4) is 0 Å². The zero-order valence-electron chi connectivity index (χ0n) is 4.13. The molecule has 0 aliphatic heterocycles. The molecule has 0 aromatic rings. The highest BCUT2D eigenvalue weighted by Gasteiger charge is 1.90. The summed E-state index contributed by atoms with van der Waals surface area (Å²) in [7, 11) is 0. The third-order valence-corrected chi connectivity index (χ3v) is 0.405. The fraction of sp³-hybridized carbons (Fsp3) is 0.750. The molecule has 42 valence electrons. The molecule has 1 unspecified atom stereocenters. The smallest absolute Gasteiger partial charge is 0.293 e. The second kappa shape index (κ2) is 3.61. The third-order valence-electron chi connectivity index (χ3n) is 0.405. The van der Waals surface area contributed by atoms with Gasteiger partial charge in [0.15, 0.2) is 0 Å². The molecule has 0 aromatic heterocycles. The van der Waals surface area contributed by atoms with Gasteiger partial charge in [0.25, 0.3) is 6.47 Å². The van der Waals surface area contributed by atoms with Crippen LogP contribution in [0.1, 0.15) is 6.92 Å². The van der Waals surface area contributed by atoms with Crippen LogP contribution in [0.25, 0.3) is 0 Å². The van der Waals surface area contributed by atoms with E-state index in [4.69, 9.17) is 5.11 Å². The summed E-state index contributed by atoms with van der Waals surface area (Å²) < 4.78 is 4.16. The number of rotatable bonds is 3. The maximum Gasteiger partial charge on any atom is 0.293 e. The van der Waals surface area contributed by atoms with E-state index >= 15 is 0 Å². The fourth-order valence-corrected chi connectivity index (χ4v) is 0.179. The molecular formula is C4H8O3. The van der Waals surface area contributed by atoms with Gasteiger partial charge in [-0.25, -0.2) is 0 Å². The highest BCUT2D eigenvalue weighted by Crippen LogP contribution is 1.76. The summed E-state index contributed by atoms with van der Waals surface area (Å²) in [5.74, 6) is 0. The average Bonchev–Trinajstić information content (AvgIpc) is 1.61. The van der Waals surface area contributed by atoms with Crippen molar-refractivity contribution < 1.29 is 14.6 Å². The van der Waals surface area contributed by atoms with E-state index in [1.807, 2.05) is 0 Å². The zero-order valence-corrected chi connectivity index (χ0v) is 4.13. The van der Waals surface area contributed by atoms with Gasteiger partial charge in [0.1, 0.15) is 6.61 Å².